The van der Waals surface area contributed by atoms with E-state index in [9.17, 15) is 13.2 Å². The van der Waals surface area contributed by atoms with E-state index in [0.29, 0.717) is 34.8 Å². The number of methoxy groups -OCH3 is 1. The van der Waals surface area contributed by atoms with E-state index in [1.807, 2.05) is 16.7 Å². The first-order valence-corrected chi connectivity index (χ1v) is 12.3. The maximum Gasteiger partial charge on any atom is 0.238 e. The second-order valence-corrected chi connectivity index (χ2v) is 10.1. The van der Waals surface area contributed by atoms with E-state index in [-0.39, 0.29) is 10.8 Å². The Morgan fingerprint density at radius 2 is 1.84 bits per heavy atom. The molecule has 170 valence electrons. The summed E-state index contributed by atoms with van der Waals surface area (Å²) in [6.07, 6.45) is 0. The van der Waals surface area contributed by atoms with Crippen LogP contribution in [0.5, 0.6) is 0 Å². The summed E-state index contributed by atoms with van der Waals surface area (Å²) in [4.78, 5) is 12.6. The topological polar surface area (TPSA) is 129 Å². The number of primary sulfonamides is 1. The number of carbonyl (C=O) groups is 1. The number of carbonyl (C=O) groups excluding carboxylic acids is 1. The fourth-order valence-electron chi connectivity index (χ4n) is 2.76. The molecular weight excluding hydrogens is 474 g/mol. The number of rotatable bonds is 9. The molecule has 0 radical (unpaired) electrons. The summed E-state index contributed by atoms with van der Waals surface area (Å²) in [6, 6.07) is 12.9. The van der Waals surface area contributed by atoms with Crippen molar-refractivity contribution in [2.75, 3.05) is 19.0 Å². The molecule has 0 saturated carbocycles. The highest BCUT2D eigenvalue weighted by molar-refractivity contribution is 8.00. The van der Waals surface area contributed by atoms with E-state index in [0.717, 1.165) is 5.56 Å². The second-order valence-electron chi connectivity index (χ2n) is 6.78. The minimum absolute atomic E-state index is 0.0288. The number of aromatic nitrogens is 3. The number of nitrogens with two attached hydrogens (primary N) is 1. The van der Waals surface area contributed by atoms with Crippen molar-refractivity contribution in [3.05, 3.63) is 53.6 Å². The number of halogens is 1. The summed E-state index contributed by atoms with van der Waals surface area (Å²) < 4.78 is 29.8. The molecule has 1 aromatic heterocycles. The van der Waals surface area contributed by atoms with Crippen molar-refractivity contribution in [2.45, 2.75) is 28.8 Å². The predicted molar refractivity (Wildman–Crippen MR) is 124 cm³/mol. The molecule has 3 rings (SSSR count). The standard InChI is InChI=1S/C20H22ClN5O4S2/c1-13(19(27)23-16-7-9-17(10-8-16)32(22,28)29)31-20-25-24-18(26(20)11-12-30-2)14-3-5-15(21)6-4-14/h3-10,13H,11-12H2,1-2H3,(H,23,27)(H2,22,28,29)/t13-/m1/s1. The van der Waals surface area contributed by atoms with Crippen LogP contribution in [0, 0.1) is 0 Å². The third-order valence-electron chi connectivity index (χ3n) is 4.44. The normalized spacial score (nSPS) is 12.5. The van der Waals surface area contributed by atoms with Gasteiger partial charge in [0.25, 0.3) is 0 Å². The first kappa shape index (κ1) is 24.2. The second kappa shape index (κ2) is 10.5. The van der Waals surface area contributed by atoms with Crippen LogP contribution in [0.15, 0.2) is 58.6 Å². The molecule has 1 atom stereocenters. The SMILES string of the molecule is COCCn1c(S[C@H](C)C(=O)Nc2ccc(S(N)(=O)=O)cc2)nnc1-c1ccc(Cl)cc1. The minimum atomic E-state index is -3.79. The number of amides is 1. The van der Waals surface area contributed by atoms with E-state index in [1.165, 1.54) is 36.0 Å². The van der Waals surface area contributed by atoms with Gasteiger partial charge in [-0.25, -0.2) is 13.6 Å². The molecule has 0 spiro atoms. The van der Waals surface area contributed by atoms with Gasteiger partial charge >= 0.3 is 0 Å². The van der Waals surface area contributed by atoms with Gasteiger partial charge in [0.1, 0.15) is 0 Å². The molecule has 32 heavy (non-hydrogen) atoms. The molecule has 3 N–H and O–H groups in total. The van der Waals surface area contributed by atoms with Crippen LogP contribution < -0.4 is 10.5 Å². The van der Waals surface area contributed by atoms with E-state index in [1.54, 1.807) is 26.2 Å². The van der Waals surface area contributed by atoms with Crippen LogP contribution in [0.4, 0.5) is 5.69 Å². The fourth-order valence-corrected chi connectivity index (χ4v) is 4.27. The molecule has 2 aromatic carbocycles. The number of anilines is 1. The number of thioether (sulfide) groups is 1. The molecule has 3 aromatic rings. The molecule has 0 aliphatic carbocycles. The number of hydrogen-bond acceptors (Lipinski definition) is 7. The Morgan fingerprint density at radius 3 is 2.44 bits per heavy atom. The highest BCUT2D eigenvalue weighted by atomic mass is 35.5. The van der Waals surface area contributed by atoms with Crippen molar-refractivity contribution in [1.29, 1.82) is 0 Å². The molecule has 0 saturated heterocycles. The predicted octanol–water partition coefficient (Wildman–Crippen LogP) is 3.01. The summed E-state index contributed by atoms with van der Waals surface area (Å²) in [5.41, 5.74) is 1.30. The molecule has 0 fully saturated rings. The quantitative estimate of drug-likeness (QED) is 0.436. The largest absolute Gasteiger partial charge is 0.383 e. The van der Waals surface area contributed by atoms with Crippen LogP contribution in [0.2, 0.25) is 5.02 Å². The Morgan fingerprint density at radius 1 is 1.19 bits per heavy atom. The Labute approximate surface area is 195 Å². The smallest absolute Gasteiger partial charge is 0.238 e. The van der Waals surface area contributed by atoms with E-state index < -0.39 is 15.3 Å². The molecule has 1 heterocycles. The third-order valence-corrected chi connectivity index (χ3v) is 6.70. The zero-order chi connectivity index (χ0) is 23.3. The van der Waals surface area contributed by atoms with Gasteiger partial charge in [-0.3, -0.25) is 9.36 Å². The van der Waals surface area contributed by atoms with Crippen LogP contribution >= 0.6 is 23.4 Å². The monoisotopic (exact) mass is 495 g/mol. The molecular formula is C20H22ClN5O4S2. The molecule has 0 aliphatic heterocycles. The van der Waals surface area contributed by atoms with Crippen molar-refractivity contribution in [1.82, 2.24) is 14.8 Å². The first-order valence-electron chi connectivity index (χ1n) is 9.47. The van der Waals surface area contributed by atoms with Crippen molar-refractivity contribution < 1.29 is 17.9 Å². The molecule has 0 bridgehead atoms. The number of sulfonamides is 1. The Balaban J connectivity index is 1.75. The van der Waals surface area contributed by atoms with Gasteiger partial charge in [0.15, 0.2) is 11.0 Å². The van der Waals surface area contributed by atoms with Gasteiger partial charge in [0, 0.05) is 23.4 Å². The van der Waals surface area contributed by atoms with Crippen molar-refractivity contribution in [3.8, 4) is 11.4 Å². The summed E-state index contributed by atoms with van der Waals surface area (Å²) in [6.45, 7) is 2.70. The van der Waals surface area contributed by atoms with Gasteiger partial charge in [-0.1, -0.05) is 23.4 Å². The highest BCUT2D eigenvalue weighted by Crippen LogP contribution is 2.28. The highest BCUT2D eigenvalue weighted by Gasteiger charge is 2.21. The average Bonchev–Trinajstić information content (AvgIpc) is 3.14. The number of nitrogens with one attached hydrogen (secondary N) is 1. The van der Waals surface area contributed by atoms with Crippen LogP contribution in [-0.4, -0.2) is 48.1 Å². The number of ether oxygens (including phenoxy) is 1. The molecule has 9 nitrogen and oxygen atoms in total. The first-order chi connectivity index (χ1) is 15.2. The lowest BCUT2D eigenvalue weighted by Gasteiger charge is -2.14. The van der Waals surface area contributed by atoms with Gasteiger partial charge in [-0.05, 0) is 55.5 Å². The van der Waals surface area contributed by atoms with Crippen LogP contribution in [0.3, 0.4) is 0 Å². The average molecular weight is 496 g/mol. The van der Waals surface area contributed by atoms with Gasteiger partial charge in [-0.2, -0.15) is 0 Å². The van der Waals surface area contributed by atoms with Gasteiger partial charge in [0.05, 0.1) is 23.3 Å². The zero-order valence-corrected chi connectivity index (χ0v) is 19.7. The number of nitrogens with zero attached hydrogens (tertiary/aromatic N) is 3. The molecule has 0 unspecified atom stereocenters. The van der Waals surface area contributed by atoms with Gasteiger partial charge < -0.3 is 10.1 Å². The van der Waals surface area contributed by atoms with Gasteiger partial charge in [-0.15, -0.1) is 10.2 Å². The lowest BCUT2D eigenvalue weighted by molar-refractivity contribution is -0.115. The van der Waals surface area contributed by atoms with Crippen molar-refractivity contribution >= 4 is 45.0 Å². The summed E-state index contributed by atoms with van der Waals surface area (Å²) in [5, 5.41) is 17.1. The van der Waals surface area contributed by atoms with Crippen molar-refractivity contribution in [2.24, 2.45) is 5.14 Å². The molecule has 1 amide bonds. The maximum absolute atomic E-state index is 12.7. The van der Waals surface area contributed by atoms with Crippen LogP contribution in [-0.2, 0) is 26.1 Å². The summed E-state index contributed by atoms with van der Waals surface area (Å²) in [7, 11) is -2.19. The zero-order valence-electron chi connectivity index (χ0n) is 17.4. The fraction of sp³-hybridized carbons (Fsp3) is 0.250. The van der Waals surface area contributed by atoms with Gasteiger partial charge in [0.2, 0.25) is 15.9 Å². The summed E-state index contributed by atoms with van der Waals surface area (Å²) in [5.74, 6) is 0.375. The van der Waals surface area contributed by atoms with E-state index in [4.69, 9.17) is 21.5 Å². The van der Waals surface area contributed by atoms with Crippen LogP contribution in [0.25, 0.3) is 11.4 Å². The molecule has 12 heteroatoms. The minimum Gasteiger partial charge on any atom is -0.383 e. The maximum atomic E-state index is 12.7. The lowest BCUT2D eigenvalue weighted by Crippen LogP contribution is -2.23. The number of hydrogen-bond donors (Lipinski definition) is 2. The summed E-state index contributed by atoms with van der Waals surface area (Å²) >= 11 is 7.24. The van der Waals surface area contributed by atoms with E-state index >= 15 is 0 Å². The van der Waals surface area contributed by atoms with Crippen LogP contribution in [0.1, 0.15) is 6.92 Å². The van der Waals surface area contributed by atoms with Crippen molar-refractivity contribution in [3.63, 3.8) is 0 Å². The Kier molecular flexibility index (Phi) is 7.91. The van der Waals surface area contributed by atoms with E-state index in [2.05, 4.69) is 15.5 Å². The Hall–Kier alpha value is -2.44. The molecule has 0 aliphatic rings. The third kappa shape index (κ3) is 6.08. The Bertz CT molecular complexity index is 1180. The lowest BCUT2D eigenvalue weighted by atomic mass is 10.2. The number of benzene rings is 2.